The Hall–Kier alpha value is 0.120. The number of hydrogen-bond donors (Lipinski definition) is 0. The Bertz CT molecular complexity index is 995. The van der Waals surface area contributed by atoms with E-state index in [1.54, 1.807) is 0 Å². The van der Waals surface area contributed by atoms with E-state index in [2.05, 4.69) is 51.3 Å². The predicted molar refractivity (Wildman–Crippen MR) is 348 cm³/mol. The van der Waals surface area contributed by atoms with E-state index in [1.807, 2.05) is 0 Å². The van der Waals surface area contributed by atoms with Crippen LogP contribution in [0.4, 0.5) is 0 Å². The van der Waals surface area contributed by atoms with Crippen molar-refractivity contribution in [3.05, 3.63) is 0 Å². The van der Waals surface area contributed by atoms with E-state index in [0.717, 1.165) is 51.9 Å². The smallest absolute Gasteiger partial charge is 0.550 e. The fourth-order valence-corrected chi connectivity index (χ4v) is 12.2. The second-order valence-corrected chi connectivity index (χ2v) is 25.1. The average Bonchev–Trinajstić information content (AvgIpc) is 3.42. The molecule has 79 heavy (non-hydrogen) atoms. The molecule has 0 aromatic heterocycles. The van der Waals surface area contributed by atoms with Crippen molar-refractivity contribution in [3.8, 4) is 0 Å². The maximum Gasteiger partial charge on any atom is 2.00 e. The van der Waals surface area contributed by atoms with Gasteiger partial charge in [-0.15, -0.1) is 0 Å². The van der Waals surface area contributed by atoms with Crippen molar-refractivity contribution in [2.75, 3.05) is 26.2 Å². The molecule has 0 saturated carbocycles. The fourth-order valence-electron chi connectivity index (χ4n) is 12.2. The minimum absolute atomic E-state index is 0. The zero-order chi connectivity index (χ0) is 57.3. The van der Waals surface area contributed by atoms with E-state index >= 15 is 0 Å². The number of hydrogen-bond acceptors (Lipinski definition) is 6. The van der Waals surface area contributed by atoms with Crippen LogP contribution in [0.15, 0.2) is 0 Å². The van der Waals surface area contributed by atoms with Crippen LogP contribution in [-0.2, 0) is 9.59 Å². The zero-order valence-electron chi connectivity index (χ0n) is 55.2. The third kappa shape index (κ3) is 67.1. The SMILES string of the molecule is CCCCCCCCCCCCCCCN(CCCCCCCCCCCCCCC)C(CCC)CC(=O)[O-].CCCCCCCCCCCCCCCN(CCCCCCCCCCCCCCC)C(CCC)CC(=O)[O-].[Ca+2]. The summed E-state index contributed by atoms with van der Waals surface area (Å²) in [6.45, 7) is 17.8. The maximum atomic E-state index is 11.4. The molecule has 0 bridgehead atoms. The van der Waals surface area contributed by atoms with Gasteiger partial charge in [-0.2, -0.15) is 0 Å². The van der Waals surface area contributed by atoms with Gasteiger partial charge in [0.05, 0.1) is 0 Å². The number of unbranched alkanes of at least 4 members (excludes halogenated alkanes) is 48. The molecule has 6 nitrogen and oxygen atoms in total. The van der Waals surface area contributed by atoms with Crippen LogP contribution in [0.5, 0.6) is 0 Å². The average molecular weight is 1140 g/mol. The Kier molecular flexibility index (Phi) is 76.3. The van der Waals surface area contributed by atoms with Gasteiger partial charge in [0.15, 0.2) is 0 Å². The van der Waals surface area contributed by atoms with Crippen LogP contribution in [0.3, 0.4) is 0 Å². The first-order chi connectivity index (χ1) is 38.3. The van der Waals surface area contributed by atoms with Gasteiger partial charge in [-0.25, -0.2) is 0 Å². The Labute approximate surface area is 527 Å². The molecular weight excluding hydrogens is 997 g/mol. The summed E-state index contributed by atoms with van der Waals surface area (Å²) in [6.07, 6.45) is 75.9. The number of rotatable bonds is 66. The van der Waals surface area contributed by atoms with Gasteiger partial charge >= 0.3 is 37.7 Å². The van der Waals surface area contributed by atoms with Crippen LogP contribution in [-0.4, -0.2) is 97.7 Å². The first-order valence-corrected chi connectivity index (χ1v) is 36.2. The molecule has 468 valence electrons. The van der Waals surface area contributed by atoms with Crippen LogP contribution in [0, 0.1) is 0 Å². The van der Waals surface area contributed by atoms with E-state index in [1.165, 1.54) is 334 Å². The second-order valence-electron chi connectivity index (χ2n) is 25.1. The number of aliphatic carboxylic acids is 2. The summed E-state index contributed by atoms with van der Waals surface area (Å²) in [4.78, 5) is 27.9. The van der Waals surface area contributed by atoms with Gasteiger partial charge in [0.2, 0.25) is 0 Å². The second kappa shape index (κ2) is 72.4. The molecule has 0 aliphatic carbocycles. The Morgan fingerprint density at radius 3 is 0.506 bits per heavy atom. The monoisotopic (exact) mass is 1140 g/mol. The van der Waals surface area contributed by atoms with E-state index < -0.39 is 11.9 Å². The van der Waals surface area contributed by atoms with Crippen LogP contribution >= 0.6 is 0 Å². The van der Waals surface area contributed by atoms with Crippen molar-refractivity contribution in [1.82, 2.24) is 9.80 Å². The predicted octanol–water partition coefficient (Wildman–Crippen LogP) is 21.2. The molecule has 0 rings (SSSR count). The Morgan fingerprint density at radius 1 is 0.241 bits per heavy atom. The number of carbonyl (C=O) groups excluding carboxylic acids is 2. The summed E-state index contributed by atoms with van der Waals surface area (Å²) < 4.78 is 0. The van der Waals surface area contributed by atoms with E-state index in [-0.39, 0.29) is 62.7 Å². The number of carboxylic acids is 2. The van der Waals surface area contributed by atoms with Crippen molar-refractivity contribution in [3.63, 3.8) is 0 Å². The van der Waals surface area contributed by atoms with Crippen molar-refractivity contribution in [2.24, 2.45) is 0 Å². The van der Waals surface area contributed by atoms with Gasteiger partial charge in [-0.05, 0) is 64.7 Å². The summed E-state index contributed by atoms with van der Waals surface area (Å²) >= 11 is 0. The molecule has 2 atom stereocenters. The minimum Gasteiger partial charge on any atom is -0.550 e. The molecule has 0 amide bonds. The Balaban J connectivity index is -0.00000144. The molecule has 0 aromatic rings. The molecule has 0 fully saturated rings. The van der Waals surface area contributed by atoms with E-state index in [4.69, 9.17) is 0 Å². The van der Waals surface area contributed by atoms with E-state index in [0.29, 0.717) is 0 Å². The molecule has 0 saturated heterocycles. The molecule has 0 aromatic carbocycles. The van der Waals surface area contributed by atoms with Gasteiger partial charge in [0, 0.05) is 36.9 Å². The normalized spacial score (nSPS) is 12.3. The fraction of sp³-hybridized carbons (Fsp3) is 0.972. The van der Waals surface area contributed by atoms with Crippen molar-refractivity contribution in [1.29, 1.82) is 0 Å². The zero-order valence-corrected chi connectivity index (χ0v) is 57.4. The van der Waals surface area contributed by atoms with Gasteiger partial charge in [0.1, 0.15) is 0 Å². The summed E-state index contributed by atoms with van der Waals surface area (Å²) in [5.41, 5.74) is 0. The molecule has 0 spiro atoms. The first-order valence-electron chi connectivity index (χ1n) is 36.2. The maximum absolute atomic E-state index is 11.4. The quantitative estimate of drug-likeness (QED) is 0.0445. The molecule has 7 heteroatoms. The minimum atomic E-state index is -0.880. The molecular formula is C72H144CaN2O4. The van der Waals surface area contributed by atoms with Gasteiger partial charge in [0.25, 0.3) is 0 Å². The molecule has 0 aliphatic rings. The van der Waals surface area contributed by atoms with Crippen molar-refractivity contribution in [2.45, 2.75) is 426 Å². The van der Waals surface area contributed by atoms with Crippen LogP contribution < -0.4 is 10.2 Å². The number of carboxylic acid groups (broad SMARTS) is 2. The van der Waals surface area contributed by atoms with Crippen LogP contribution in [0.2, 0.25) is 0 Å². The topological polar surface area (TPSA) is 86.7 Å². The van der Waals surface area contributed by atoms with Crippen LogP contribution in [0.25, 0.3) is 0 Å². The molecule has 0 aliphatic heterocycles. The van der Waals surface area contributed by atoms with Gasteiger partial charge in [-0.1, -0.05) is 363 Å². The molecule has 0 radical (unpaired) electrons. The van der Waals surface area contributed by atoms with Crippen molar-refractivity contribution >= 4 is 49.7 Å². The van der Waals surface area contributed by atoms with Crippen LogP contribution in [0.1, 0.15) is 414 Å². The number of nitrogens with zero attached hydrogens (tertiary/aromatic N) is 2. The van der Waals surface area contributed by atoms with Gasteiger partial charge in [-0.3, -0.25) is 0 Å². The first kappa shape index (κ1) is 83.3. The van der Waals surface area contributed by atoms with Gasteiger partial charge < -0.3 is 29.6 Å². The van der Waals surface area contributed by atoms with E-state index in [9.17, 15) is 19.8 Å². The number of carbonyl (C=O) groups is 2. The molecule has 2 unspecified atom stereocenters. The largest absolute Gasteiger partial charge is 2.00 e. The standard InChI is InChI=1S/2C36H73NO2.Ca/c2*1-4-7-9-11-13-15-17-19-21-23-25-27-29-32-37(35(31-6-3)34-36(38)39)33-30-28-26-24-22-20-18-16-14-12-10-8-5-2;/h2*35H,4-34H2,1-3H3,(H,38,39);/q;;+2/p-2. The summed E-state index contributed by atoms with van der Waals surface area (Å²) in [5.74, 6) is -1.76. The third-order valence-electron chi connectivity index (χ3n) is 17.3. The molecule has 0 heterocycles. The third-order valence-corrected chi connectivity index (χ3v) is 17.3. The summed E-state index contributed by atoms with van der Waals surface area (Å²) in [6, 6.07) is 0.323. The molecule has 0 N–H and O–H groups in total. The van der Waals surface area contributed by atoms with Crippen molar-refractivity contribution < 1.29 is 19.8 Å². The summed E-state index contributed by atoms with van der Waals surface area (Å²) in [7, 11) is 0. The Morgan fingerprint density at radius 2 is 0.380 bits per heavy atom. The summed E-state index contributed by atoms with van der Waals surface area (Å²) in [5, 5.41) is 22.9.